The number of benzene rings is 5. The minimum Gasteiger partial charge on any atom is -0.504 e. The fraction of sp³-hybridized carbons (Fsp3) is 0.0513. The van der Waals surface area contributed by atoms with Gasteiger partial charge in [-0.05, 0) is 64.2 Å². The predicted molar refractivity (Wildman–Crippen MR) is 179 cm³/mol. The van der Waals surface area contributed by atoms with Gasteiger partial charge in [0.1, 0.15) is 11.9 Å². The van der Waals surface area contributed by atoms with Gasteiger partial charge in [0, 0.05) is 17.3 Å². The maximum absolute atomic E-state index is 4.70. The molecule has 5 aromatic carbocycles. The zero-order valence-electron chi connectivity index (χ0n) is 24.7. The third-order valence-corrected chi connectivity index (χ3v) is 8.74. The van der Waals surface area contributed by atoms with Gasteiger partial charge in [-0.15, -0.1) is 23.0 Å². The van der Waals surface area contributed by atoms with E-state index in [0.29, 0.717) is 0 Å². The van der Waals surface area contributed by atoms with E-state index in [-0.39, 0.29) is 20.1 Å². The number of fused-ring (bicyclic) bond motifs is 16. The van der Waals surface area contributed by atoms with Gasteiger partial charge < -0.3 is 14.5 Å². The molecule has 8 aromatic rings. The Morgan fingerprint density at radius 3 is 2.38 bits per heavy atom. The zero-order valence-corrected chi connectivity index (χ0v) is 27.1. The van der Waals surface area contributed by atoms with E-state index in [0.717, 1.165) is 16.6 Å². The number of aromatic nitrogens is 3. The zero-order chi connectivity index (χ0) is 29.4. The second-order valence-corrected chi connectivity index (χ2v) is 11.4. The quantitative estimate of drug-likeness (QED) is 0.0901. The van der Waals surface area contributed by atoms with Crippen LogP contribution in [0.1, 0.15) is 5.56 Å². The average Bonchev–Trinajstić information content (AvgIpc) is 3.67. The molecule has 0 saturated heterocycles. The van der Waals surface area contributed by atoms with Gasteiger partial charge in [0.2, 0.25) is 0 Å². The fourth-order valence-electron chi connectivity index (χ4n) is 6.90. The van der Waals surface area contributed by atoms with Crippen molar-refractivity contribution >= 4 is 59.7 Å². The molecule has 5 nitrogen and oxygen atoms in total. The molecule has 0 N–H and O–H groups in total. The van der Waals surface area contributed by atoms with Crippen molar-refractivity contribution in [2.24, 2.45) is 7.05 Å². The first-order valence-corrected chi connectivity index (χ1v) is 14.8. The van der Waals surface area contributed by atoms with Crippen molar-refractivity contribution in [3.05, 3.63) is 146 Å². The average molecular weight is 758 g/mol. The number of hydrogen-bond donors (Lipinski definition) is 0. The Bertz CT molecular complexity index is 2480. The van der Waals surface area contributed by atoms with E-state index in [1.807, 2.05) is 43.1 Å². The molecule has 0 atom stereocenters. The number of rotatable bonds is 0. The standard InChI is InChI=1S/C24H15N2.C15H12N3.Ir/c1-26-13-21-19-11-10-17-16-6-3-2-5-15(16)8-9-18(17)23(19)20-7-4-12-25-24(20)22(21)14-26;1-16-10-15-13-7-3-2-6-12(13)14-8-4-5-9-17(14)18(15)11-16;/h2-13H,1H3;2-8,10-11H,1H3;/q2*-1;+3. The minimum absolute atomic E-state index is 0. The third-order valence-electron chi connectivity index (χ3n) is 8.74. The van der Waals surface area contributed by atoms with E-state index in [1.54, 1.807) is 0 Å². The Labute approximate surface area is 274 Å². The molecule has 0 radical (unpaired) electrons. The first-order chi connectivity index (χ1) is 21.7. The van der Waals surface area contributed by atoms with E-state index in [9.17, 15) is 0 Å². The van der Waals surface area contributed by atoms with Crippen LogP contribution >= 0.6 is 0 Å². The van der Waals surface area contributed by atoms with Crippen molar-refractivity contribution in [3.8, 4) is 11.3 Å². The summed E-state index contributed by atoms with van der Waals surface area (Å²) in [5, 5.41) is 13.3. The SMILES string of the molecule is CN1C=C2c3ccccc3-c3ccc[c-][n+]3N2[CH-]1.Cn1[c-]c2c(c1)c1ccc3c4ccccc4ccc3c1c1cccnc21.[Ir+3]. The van der Waals surface area contributed by atoms with Crippen molar-refractivity contribution in [2.75, 3.05) is 12.1 Å². The van der Waals surface area contributed by atoms with Crippen LogP contribution in [0.5, 0.6) is 0 Å². The first-order valence-electron chi connectivity index (χ1n) is 14.8. The van der Waals surface area contributed by atoms with Crippen LogP contribution in [-0.4, -0.2) is 21.5 Å². The summed E-state index contributed by atoms with van der Waals surface area (Å²) in [6.07, 6.45) is 12.8. The van der Waals surface area contributed by atoms with Crippen LogP contribution < -0.4 is 9.69 Å². The van der Waals surface area contributed by atoms with Crippen LogP contribution in [0.25, 0.3) is 70.9 Å². The summed E-state index contributed by atoms with van der Waals surface area (Å²) in [5.74, 6) is 0. The second kappa shape index (κ2) is 10.6. The molecule has 2 aliphatic rings. The molecule has 6 heteroatoms. The maximum Gasteiger partial charge on any atom is 3.00 e. The monoisotopic (exact) mass is 758 g/mol. The molecule has 0 amide bonds. The van der Waals surface area contributed by atoms with Crippen LogP contribution in [0.15, 0.2) is 122 Å². The fourth-order valence-corrected chi connectivity index (χ4v) is 6.90. The smallest absolute Gasteiger partial charge is 0.504 e. The van der Waals surface area contributed by atoms with Crippen molar-refractivity contribution in [2.45, 2.75) is 0 Å². The number of pyridine rings is 2. The Morgan fingerprint density at radius 2 is 1.47 bits per heavy atom. The Kier molecular flexibility index (Phi) is 6.45. The number of nitrogens with zero attached hydrogens (tertiary/aromatic N) is 5. The molecule has 45 heavy (non-hydrogen) atoms. The van der Waals surface area contributed by atoms with Crippen molar-refractivity contribution in [1.29, 1.82) is 0 Å². The molecule has 0 aliphatic carbocycles. The molecular weight excluding hydrogens is 731 g/mol. The molecule has 0 unspecified atom stereocenters. The summed E-state index contributed by atoms with van der Waals surface area (Å²) in [6, 6.07) is 36.3. The molecule has 0 spiro atoms. The molecule has 10 rings (SSSR count). The molecule has 2 aliphatic heterocycles. The predicted octanol–water partition coefficient (Wildman–Crippen LogP) is 7.74. The van der Waals surface area contributed by atoms with Crippen molar-refractivity contribution in [3.63, 3.8) is 0 Å². The van der Waals surface area contributed by atoms with E-state index in [1.165, 1.54) is 59.9 Å². The van der Waals surface area contributed by atoms with Crippen LogP contribution in [0.4, 0.5) is 0 Å². The molecule has 0 saturated carbocycles. The Balaban J connectivity index is 0.000000139. The van der Waals surface area contributed by atoms with Gasteiger partial charge in [-0.25, -0.2) is 4.68 Å². The molecule has 3 aromatic heterocycles. The summed E-state index contributed by atoms with van der Waals surface area (Å²) < 4.78 is 4.06. The summed E-state index contributed by atoms with van der Waals surface area (Å²) >= 11 is 0. The maximum atomic E-state index is 4.70. The molecular formula is C39H27IrN5+. The molecule has 0 fully saturated rings. The second-order valence-electron chi connectivity index (χ2n) is 11.4. The van der Waals surface area contributed by atoms with Crippen molar-refractivity contribution in [1.82, 2.24) is 14.5 Å². The van der Waals surface area contributed by atoms with Gasteiger partial charge in [0.15, 0.2) is 0 Å². The molecule has 216 valence electrons. The van der Waals surface area contributed by atoms with Gasteiger partial charge in [0.25, 0.3) is 0 Å². The largest absolute Gasteiger partial charge is 3.00 e. The Morgan fingerprint density at radius 1 is 0.711 bits per heavy atom. The molecule has 0 bridgehead atoms. The summed E-state index contributed by atoms with van der Waals surface area (Å²) in [7, 11) is 4.06. The summed E-state index contributed by atoms with van der Waals surface area (Å²) in [6.45, 7) is 2.06. The van der Waals surface area contributed by atoms with E-state index in [2.05, 4.69) is 131 Å². The topological polar surface area (TPSA) is 28.2 Å². The van der Waals surface area contributed by atoms with E-state index >= 15 is 0 Å². The van der Waals surface area contributed by atoms with Crippen LogP contribution in [0, 0.1) is 19.1 Å². The van der Waals surface area contributed by atoms with Gasteiger partial charge in [-0.2, -0.15) is 6.07 Å². The van der Waals surface area contributed by atoms with Gasteiger partial charge in [0.05, 0.1) is 5.70 Å². The first kappa shape index (κ1) is 27.5. The normalized spacial score (nSPS) is 13.3. The van der Waals surface area contributed by atoms with Crippen LogP contribution in [-0.2, 0) is 27.2 Å². The Hall–Kier alpha value is -5.03. The third kappa shape index (κ3) is 4.17. The van der Waals surface area contributed by atoms with Gasteiger partial charge in [-0.1, -0.05) is 103 Å². The van der Waals surface area contributed by atoms with E-state index in [4.69, 9.17) is 4.98 Å². The number of hydrogen-bond acceptors (Lipinski definition) is 3. The summed E-state index contributed by atoms with van der Waals surface area (Å²) in [5.41, 5.74) is 5.89. The van der Waals surface area contributed by atoms with Gasteiger partial charge in [-0.3, -0.25) is 5.01 Å². The van der Waals surface area contributed by atoms with Crippen LogP contribution in [0.3, 0.4) is 0 Å². The van der Waals surface area contributed by atoms with E-state index < -0.39 is 0 Å². The van der Waals surface area contributed by atoms with Crippen LogP contribution in [0.2, 0.25) is 0 Å². The summed E-state index contributed by atoms with van der Waals surface area (Å²) in [4.78, 5) is 6.76. The van der Waals surface area contributed by atoms with Crippen molar-refractivity contribution < 1.29 is 24.8 Å². The minimum atomic E-state index is 0. The molecule has 5 heterocycles. The number of aryl methyl sites for hydroxylation is 1. The van der Waals surface area contributed by atoms with Gasteiger partial charge >= 0.3 is 20.1 Å².